The second-order valence-electron chi connectivity index (χ2n) is 7.86. The van der Waals surface area contributed by atoms with Gasteiger partial charge in [-0.15, -0.1) is 0 Å². The van der Waals surface area contributed by atoms with E-state index in [-0.39, 0.29) is 11.7 Å². The van der Waals surface area contributed by atoms with Crippen LogP contribution in [0, 0.1) is 12.8 Å². The van der Waals surface area contributed by atoms with Crippen molar-refractivity contribution in [1.82, 2.24) is 14.9 Å². The standard InChI is InChI=1S/C24H26N4O2/c1-16-11-20(8-9-23(16)29)22-12-21(26-15-27-22)18-4-6-19(7-5-18)24(30)28-10-2-3-17(13-25)14-28/h4-9,11-12,15,17,29H,2-3,10,13-14,25H2,1H3. The Morgan fingerprint density at radius 2 is 1.80 bits per heavy atom. The molecule has 1 atom stereocenters. The average molecular weight is 402 g/mol. The van der Waals surface area contributed by atoms with Crippen LogP contribution in [-0.2, 0) is 0 Å². The zero-order chi connectivity index (χ0) is 21.1. The van der Waals surface area contributed by atoms with Gasteiger partial charge in [0.2, 0.25) is 0 Å². The summed E-state index contributed by atoms with van der Waals surface area (Å²) in [7, 11) is 0. The highest BCUT2D eigenvalue weighted by atomic mass is 16.3. The van der Waals surface area contributed by atoms with Gasteiger partial charge in [-0.1, -0.05) is 12.1 Å². The quantitative estimate of drug-likeness (QED) is 0.695. The van der Waals surface area contributed by atoms with Crippen LogP contribution in [0.3, 0.4) is 0 Å². The molecule has 0 bridgehead atoms. The predicted molar refractivity (Wildman–Crippen MR) is 117 cm³/mol. The van der Waals surface area contributed by atoms with E-state index in [1.54, 1.807) is 6.07 Å². The molecule has 30 heavy (non-hydrogen) atoms. The number of aryl methyl sites for hydroxylation is 1. The fourth-order valence-electron chi connectivity index (χ4n) is 3.90. The van der Waals surface area contributed by atoms with Gasteiger partial charge < -0.3 is 15.7 Å². The lowest BCUT2D eigenvalue weighted by Gasteiger charge is -2.32. The summed E-state index contributed by atoms with van der Waals surface area (Å²) >= 11 is 0. The lowest BCUT2D eigenvalue weighted by molar-refractivity contribution is 0.0678. The molecular weight excluding hydrogens is 376 g/mol. The molecule has 1 aromatic heterocycles. The Balaban J connectivity index is 1.54. The largest absolute Gasteiger partial charge is 0.508 e. The number of rotatable bonds is 4. The topological polar surface area (TPSA) is 92.3 Å². The Hall–Kier alpha value is -3.25. The SMILES string of the molecule is Cc1cc(-c2cc(-c3ccc(C(=O)N4CCCC(CN)C4)cc3)ncn2)ccc1O. The lowest BCUT2D eigenvalue weighted by Crippen LogP contribution is -2.42. The molecule has 2 heterocycles. The van der Waals surface area contributed by atoms with E-state index in [1.807, 2.05) is 54.3 Å². The fourth-order valence-corrected chi connectivity index (χ4v) is 3.90. The highest BCUT2D eigenvalue weighted by molar-refractivity contribution is 5.94. The van der Waals surface area contributed by atoms with E-state index in [0.29, 0.717) is 18.0 Å². The number of carbonyl (C=O) groups excluding carboxylic acids is 1. The number of amides is 1. The molecule has 3 N–H and O–H groups in total. The van der Waals surface area contributed by atoms with Crippen molar-refractivity contribution in [3.63, 3.8) is 0 Å². The van der Waals surface area contributed by atoms with Crippen LogP contribution in [0.25, 0.3) is 22.5 Å². The minimum Gasteiger partial charge on any atom is -0.508 e. The number of nitrogens with two attached hydrogens (primary N) is 1. The summed E-state index contributed by atoms with van der Waals surface area (Å²) in [6, 6.07) is 14.9. The Labute approximate surface area is 176 Å². The zero-order valence-corrected chi connectivity index (χ0v) is 17.1. The number of phenolic OH excluding ortho intramolecular Hbond substituents is 1. The number of hydrogen-bond acceptors (Lipinski definition) is 5. The Bertz CT molecular complexity index is 1050. The van der Waals surface area contributed by atoms with Crippen molar-refractivity contribution in [2.45, 2.75) is 19.8 Å². The third kappa shape index (κ3) is 4.19. The van der Waals surface area contributed by atoms with Crippen LogP contribution in [0.5, 0.6) is 5.75 Å². The molecule has 3 aromatic rings. The third-order valence-corrected chi connectivity index (χ3v) is 5.73. The maximum Gasteiger partial charge on any atom is 0.253 e. The highest BCUT2D eigenvalue weighted by Crippen LogP contribution is 2.27. The van der Waals surface area contributed by atoms with E-state index in [1.165, 1.54) is 6.33 Å². The molecule has 6 heteroatoms. The van der Waals surface area contributed by atoms with E-state index in [2.05, 4.69) is 9.97 Å². The van der Waals surface area contributed by atoms with Gasteiger partial charge in [0.15, 0.2) is 0 Å². The van der Waals surface area contributed by atoms with E-state index in [4.69, 9.17) is 5.73 Å². The summed E-state index contributed by atoms with van der Waals surface area (Å²) in [6.07, 6.45) is 3.63. The molecule has 6 nitrogen and oxygen atoms in total. The van der Waals surface area contributed by atoms with Gasteiger partial charge in [-0.25, -0.2) is 9.97 Å². The van der Waals surface area contributed by atoms with Crippen molar-refractivity contribution in [3.8, 4) is 28.3 Å². The van der Waals surface area contributed by atoms with E-state index < -0.39 is 0 Å². The zero-order valence-electron chi connectivity index (χ0n) is 17.1. The van der Waals surface area contributed by atoms with Gasteiger partial charge >= 0.3 is 0 Å². The molecule has 0 saturated carbocycles. The number of nitrogens with zero attached hydrogens (tertiary/aromatic N) is 3. The molecule has 1 aliphatic rings. The van der Waals surface area contributed by atoms with Crippen molar-refractivity contribution in [3.05, 3.63) is 66.0 Å². The number of aromatic hydroxyl groups is 1. The van der Waals surface area contributed by atoms with Crippen molar-refractivity contribution in [2.24, 2.45) is 11.7 Å². The summed E-state index contributed by atoms with van der Waals surface area (Å²) in [4.78, 5) is 23.5. The van der Waals surface area contributed by atoms with Crippen LogP contribution < -0.4 is 5.73 Å². The molecule has 0 spiro atoms. The van der Waals surface area contributed by atoms with Crippen LogP contribution in [0.15, 0.2) is 54.9 Å². The third-order valence-electron chi connectivity index (χ3n) is 5.73. The summed E-state index contributed by atoms with van der Waals surface area (Å²) in [5.41, 5.74) is 10.7. The highest BCUT2D eigenvalue weighted by Gasteiger charge is 2.23. The monoisotopic (exact) mass is 402 g/mol. The molecule has 1 saturated heterocycles. The van der Waals surface area contributed by atoms with Gasteiger partial charge in [0.1, 0.15) is 12.1 Å². The Morgan fingerprint density at radius 1 is 1.10 bits per heavy atom. The number of carbonyl (C=O) groups is 1. The maximum absolute atomic E-state index is 12.8. The molecule has 0 aliphatic carbocycles. The molecular formula is C24H26N4O2. The summed E-state index contributed by atoms with van der Waals surface area (Å²) < 4.78 is 0. The predicted octanol–water partition coefficient (Wildman–Crippen LogP) is 3.64. The smallest absolute Gasteiger partial charge is 0.253 e. The number of likely N-dealkylation sites (tertiary alicyclic amines) is 1. The summed E-state index contributed by atoms with van der Waals surface area (Å²) in [5.74, 6) is 0.715. The van der Waals surface area contributed by atoms with Crippen LogP contribution in [0.1, 0.15) is 28.8 Å². The van der Waals surface area contributed by atoms with Gasteiger partial charge in [-0.2, -0.15) is 0 Å². The summed E-state index contributed by atoms with van der Waals surface area (Å²) in [5, 5.41) is 9.75. The number of hydrogen-bond donors (Lipinski definition) is 2. The summed E-state index contributed by atoms with van der Waals surface area (Å²) in [6.45, 7) is 4.00. The number of benzene rings is 2. The van der Waals surface area contributed by atoms with Crippen LogP contribution in [-0.4, -0.2) is 45.5 Å². The second-order valence-corrected chi connectivity index (χ2v) is 7.86. The van der Waals surface area contributed by atoms with Gasteiger partial charge in [0.25, 0.3) is 5.91 Å². The maximum atomic E-state index is 12.8. The number of piperidine rings is 1. The first-order chi connectivity index (χ1) is 14.5. The van der Waals surface area contributed by atoms with Crippen LogP contribution in [0.2, 0.25) is 0 Å². The average Bonchev–Trinajstić information content (AvgIpc) is 2.80. The number of aromatic nitrogens is 2. The van der Waals surface area contributed by atoms with Crippen molar-refractivity contribution >= 4 is 5.91 Å². The molecule has 1 aliphatic heterocycles. The Kier molecular flexibility index (Phi) is 5.77. The molecule has 1 amide bonds. The van der Waals surface area contributed by atoms with Gasteiger partial charge in [0, 0.05) is 29.8 Å². The fraction of sp³-hybridized carbons (Fsp3) is 0.292. The van der Waals surface area contributed by atoms with Crippen molar-refractivity contribution in [2.75, 3.05) is 19.6 Å². The molecule has 2 aromatic carbocycles. The molecule has 1 unspecified atom stereocenters. The lowest BCUT2D eigenvalue weighted by atomic mass is 9.97. The molecule has 4 rings (SSSR count). The van der Waals surface area contributed by atoms with Gasteiger partial charge in [-0.3, -0.25) is 4.79 Å². The van der Waals surface area contributed by atoms with E-state index in [0.717, 1.165) is 54.0 Å². The number of phenols is 1. The van der Waals surface area contributed by atoms with Crippen LogP contribution >= 0.6 is 0 Å². The first kappa shape index (κ1) is 20.0. The van der Waals surface area contributed by atoms with Gasteiger partial charge in [-0.05, 0) is 74.2 Å². The molecule has 154 valence electrons. The minimum atomic E-state index is 0.0580. The second kappa shape index (κ2) is 8.63. The van der Waals surface area contributed by atoms with Crippen molar-refractivity contribution < 1.29 is 9.90 Å². The van der Waals surface area contributed by atoms with Gasteiger partial charge in [0.05, 0.1) is 11.4 Å². The van der Waals surface area contributed by atoms with Crippen molar-refractivity contribution in [1.29, 1.82) is 0 Å². The van der Waals surface area contributed by atoms with E-state index in [9.17, 15) is 9.90 Å². The van der Waals surface area contributed by atoms with E-state index >= 15 is 0 Å². The Morgan fingerprint density at radius 3 is 2.50 bits per heavy atom. The van der Waals surface area contributed by atoms with Crippen LogP contribution in [0.4, 0.5) is 0 Å². The normalized spacial score (nSPS) is 16.5. The minimum absolute atomic E-state index is 0.0580. The first-order valence-electron chi connectivity index (χ1n) is 10.3. The molecule has 0 radical (unpaired) electrons. The molecule has 1 fully saturated rings. The first-order valence-corrected chi connectivity index (χ1v) is 10.3.